The Morgan fingerprint density at radius 2 is 2.26 bits per heavy atom. The summed E-state index contributed by atoms with van der Waals surface area (Å²) < 4.78 is 6.77. The van der Waals surface area contributed by atoms with Gasteiger partial charge in [-0.15, -0.1) is 0 Å². The molecule has 5 nitrogen and oxygen atoms in total. The van der Waals surface area contributed by atoms with E-state index in [1.165, 1.54) is 7.11 Å². The van der Waals surface area contributed by atoms with Crippen molar-refractivity contribution in [2.75, 3.05) is 12.8 Å². The van der Waals surface area contributed by atoms with Crippen molar-refractivity contribution >= 4 is 22.7 Å². The van der Waals surface area contributed by atoms with Crippen molar-refractivity contribution in [3.63, 3.8) is 0 Å². The minimum atomic E-state index is -0.209. The summed E-state index contributed by atoms with van der Waals surface area (Å²) in [5, 5.41) is 0. The van der Waals surface area contributed by atoms with Gasteiger partial charge in [0, 0.05) is 18.7 Å². The zero-order valence-corrected chi connectivity index (χ0v) is 11.3. The Labute approximate surface area is 112 Å². The average molecular weight is 261 g/mol. The van der Waals surface area contributed by atoms with Gasteiger partial charge in [0.15, 0.2) is 0 Å². The summed E-state index contributed by atoms with van der Waals surface area (Å²) in [6.45, 7) is 2.70. The average Bonchev–Trinajstić information content (AvgIpc) is 2.73. The lowest BCUT2D eigenvalue weighted by Crippen LogP contribution is -2.09. The van der Waals surface area contributed by atoms with Crippen LogP contribution in [0.4, 0.5) is 5.69 Å². The molecule has 0 aliphatic carbocycles. The summed E-state index contributed by atoms with van der Waals surface area (Å²) in [5.74, 6) is 0.784. The normalized spacial score (nSPS) is 10.8. The zero-order valence-electron chi connectivity index (χ0n) is 11.3. The van der Waals surface area contributed by atoms with Gasteiger partial charge in [0.2, 0.25) is 0 Å². The highest BCUT2D eigenvalue weighted by molar-refractivity contribution is 5.80. The van der Waals surface area contributed by atoms with Crippen LogP contribution in [0.3, 0.4) is 0 Å². The van der Waals surface area contributed by atoms with Crippen LogP contribution in [0.2, 0.25) is 0 Å². The Morgan fingerprint density at radius 3 is 2.95 bits per heavy atom. The minimum absolute atomic E-state index is 0.209. The van der Waals surface area contributed by atoms with Gasteiger partial charge < -0.3 is 15.0 Å². The first-order valence-corrected chi connectivity index (χ1v) is 6.47. The minimum Gasteiger partial charge on any atom is -0.469 e. The monoisotopic (exact) mass is 261 g/mol. The number of nitrogen functional groups attached to an aromatic ring is 1. The largest absolute Gasteiger partial charge is 0.469 e. The quantitative estimate of drug-likeness (QED) is 0.661. The van der Waals surface area contributed by atoms with Gasteiger partial charge in [-0.25, -0.2) is 4.98 Å². The van der Waals surface area contributed by atoms with Crippen molar-refractivity contribution in [1.29, 1.82) is 0 Å². The summed E-state index contributed by atoms with van der Waals surface area (Å²) in [7, 11) is 1.40. The molecule has 2 N–H and O–H groups in total. The highest BCUT2D eigenvalue weighted by Gasteiger charge is 2.11. The van der Waals surface area contributed by atoms with Crippen LogP contribution < -0.4 is 5.73 Å². The number of anilines is 1. The summed E-state index contributed by atoms with van der Waals surface area (Å²) in [4.78, 5) is 15.9. The molecule has 5 heteroatoms. The molecule has 19 heavy (non-hydrogen) atoms. The Bertz CT molecular complexity index is 590. The van der Waals surface area contributed by atoms with Crippen molar-refractivity contribution in [1.82, 2.24) is 9.55 Å². The van der Waals surface area contributed by atoms with Crippen LogP contribution in [-0.4, -0.2) is 22.6 Å². The number of rotatable bonds is 5. The van der Waals surface area contributed by atoms with E-state index in [1.54, 1.807) is 0 Å². The summed E-state index contributed by atoms with van der Waals surface area (Å²) in [5.41, 5.74) is 8.38. The third-order valence-corrected chi connectivity index (χ3v) is 3.09. The number of aryl methyl sites for hydroxylation is 2. The third-order valence-electron chi connectivity index (χ3n) is 3.09. The lowest BCUT2D eigenvalue weighted by atomic mass is 10.2. The molecule has 0 saturated heterocycles. The molecule has 0 unspecified atom stereocenters. The van der Waals surface area contributed by atoms with Crippen LogP contribution in [0.1, 0.15) is 25.6 Å². The number of nitrogens with zero attached hydrogens (tertiary/aromatic N) is 2. The fourth-order valence-electron chi connectivity index (χ4n) is 2.17. The number of ether oxygens (including phenoxy) is 1. The first kappa shape index (κ1) is 13.4. The van der Waals surface area contributed by atoms with E-state index in [4.69, 9.17) is 5.73 Å². The van der Waals surface area contributed by atoms with E-state index in [1.807, 2.05) is 18.2 Å². The van der Waals surface area contributed by atoms with Crippen LogP contribution in [-0.2, 0) is 22.5 Å². The van der Waals surface area contributed by atoms with E-state index in [2.05, 4.69) is 21.2 Å². The van der Waals surface area contributed by atoms with Gasteiger partial charge in [-0.2, -0.15) is 0 Å². The lowest BCUT2D eigenvalue weighted by molar-refractivity contribution is -0.140. The molecule has 0 radical (unpaired) electrons. The van der Waals surface area contributed by atoms with E-state index >= 15 is 0 Å². The smallest absolute Gasteiger partial charge is 0.307 e. The summed E-state index contributed by atoms with van der Waals surface area (Å²) >= 11 is 0. The standard InChI is InChI=1S/C14H19N3O2/c1-3-4-13-16-11-9-10(15)5-6-12(11)17(13)8-7-14(18)19-2/h5-6,9H,3-4,7-8,15H2,1-2H3. The maximum Gasteiger partial charge on any atom is 0.307 e. The van der Waals surface area contributed by atoms with Gasteiger partial charge in [0.05, 0.1) is 24.6 Å². The topological polar surface area (TPSA) is 70.1 Å². The maximum atomic E-state index is 11.3. The first-order chi connectivity index (χ1) is 9.15. The molecule has 2 rings (SSSR count). The van der Waals surface area contributed by atoms with Crippen LogP contribution in [0.15, 0.2) is 18.2 Å². The van der Waals surface area contributed by atoms with Gasteiger partial charge >= 0.3 is 5.97 Å². The molecule has 0 spiro atoms. The van der Waals surface area contributed by atoms with Gasteiger partial charge in [0.1, 0.15) is 5.82 Å². The molecule has 2 aromatic rings. The second-order valence-electron chi connectivity index (χ2n) is 4.50. The number of hydrogen-bond donors (Lipinski definition) is 1. The molecule has 0 aliphatic heterocycles. The Balaban J connectivity index is 2.37. The molecule has 1 heterocycles. The van der Waals surface area contributed by atoms with Crippen LogP contribution in [0.5, 0.6) is 0 Å². The zero-order chi connectivity index (χ0) is 13.8. The second kappa shape index (κ2) is 5.73. The molecular weight excluding hydrogens is 242 g/mol. The fourth-order valence-corrected chi connectivity index (χ4v) is 2.17. The summed E-state index contributed by atoms with van der Waals surface area (Å²) in [6, 6.07) is 5.67. The fraction of sp³-hybridized carbons (Fsp3) is 0.429. The van der Waals surface area contributed by atoms with Crippen LogP contribution >= 0.6 is 0 Å². The number of fused-ring (bicyclic) bond motifs is 1. The Kier molecular flexibility index (Phi) is 4.04. The summed E-state index contributed by atoms with van der Waals surface area (Å²) in [6.07, 6.45) is 2.25. The number of methoxy groups -OCH3 is 1. The molecular formula is C14H19N3O2. The highest BCUT2D eigenvalue weighted by Crippen LogP contribution is 2.20. The molecule has 0 aliphatic rings. The molecule has 0 fully saturated rings. The second-order valence-corrected chi connectivity index (χ2v) is 4.50. The van der Waals surface area contributed by atoms with E-state index in [0.717, 1.165) is 29.7 Å². The number of carbonyl (C=O) groups excluding carboxylic acids is 1. The van der Waals surface area contributed by atoms with Gasteiger partial charge in [0.25, 0.3) is 0 Å². The van der Waals surface area contributed by atoms with Crippen LogP contribution in [0.25, 0.3) is 11.0 Å². The Hall–Kier alpha value is -2.04. The first-order valence-electron chi connectivity index (χ1n) is 6.47. The predicted molar refractivity (Wildman–Crippen MR) is 74.8 cm³/mol. The SMILES string of the molecule is CCCc1nc2cc(N)ccc2n1CCC(=O)OC. The maximum absolute atomic E-state index is 11.3. The number of carbonyl (C=O) groups is 1. The number of nitrogens with two attached hydrogens (primary N) is 1. The van der Waals surface area contributed by atoms with Crippen LogP contribution in [0, 0.1) is 0 Å². The molecule has 0 bridgehead atoms. The van der Waals surface area contributed by atoms with Gasteiger partial charge in [-0.1, -0.05) is 6.92 Å². The molecule has 0 amide bonds. The van der Waals surface area contributed by atoms with Crippen molar-refractivity contribution in [3.8, 4) is 0 Å². The van der Waals surface area contributed by atoms with Gasteiger partial charge in [-0.3, -0.25) is 4.79 Å². The number of aromatic nitrogens is 2. The van der Waals surface area contributed by atoms with Crippen molar-refractivity contribution in [3.05, 3.63) is 24.0 Å². The lowest BCUT2D eigenvalue weighted by Gasteiger charge is -2.07. The van der Waals surface area contributed by atoms with E-state index in [9.17, 15) is 4.79 Å². The van der Waals surface area contributed by atoms with Crippen molar-refractivity contribution in [2.24, 2.45) is 0 Å². The van der Waals surface area contributed by atoms with Crippen molar-refractivity contribution < 1.29 is 9.53 Å². The number of hydrogen-bond acceptors (Lipinski definition) is 4. The Morgan fingerprint density at radius 1 is 1.47 bits per heavy atom. The molecule has 1 aromatic carbocycles. The molecule has 1 aromatic heterocycles. The molecule has 0 atom stereocenters. The highest BCUT2D eigenvalue weighted by atomic mass is 16.5. The number of esters is 1. The predicted octanol–water partition coefficient (Wildman–Crippen LogP) is 2.13. The molecule has 102 valence electrons. The van der Waals surface area contributed by atoms with Crippen molar-refractivity contribution in [2.45, 2.75) is 32.7 Å². The van der Waals surface area contributed by atoms with E-state index < -0.39 is 0 Å². The third kappa shape index (κ3) is 2.86. The van der Waals surface area contributed by atoms with E-state index in [-0.39, 0.29) is 5.97 Å². The van der Waals surface area contributed by atoms with Gasteiger partial charge in [-0.05, 0) is 24.6 Å². The number of imidazole rings is 1. The molecule has 0 saturated carbocycles. The number of benzene rings is 1. The van der Waals surface area contributed by atoms with E-state index in [0.29, 0.717) is 18.7 Å².